The maximum atomic E-state index is 14.4. The lowest BCUT2D eigenvalue weighted by molar-refractivity contribution is -0.500. The molecule has 0 radical (unpaired) electrons. The Hall–Kier alpha value is -1.57. The van der Waals surface area contributed by atoms with Crippen LogP contribution in [0.2, 0.25) is 0 Å². The second-order valence-electron chi connectivity index (χ2n) is 15.1. The molecule has 5 unspecified atom stereocenters. The van der Waals surface area contributed by atoms with E-state index in [0.29, 0.717) is 20.8 Å². The summed E-state index contributed by atoms with van der Waals surface area (Å²) in [6.45, 7) is 15.3. The fourth-order valence-electron chi connectivity index (χ4n) is 5.16. The van der Waals surface area contributed by atoms with Crippen LogP contribution in [-0.2, 0) is 91.1 Å². The van der Waals surface area contributed by atoms with E-state index in [1.165, 1.54) is 20.8 Å². The van der Waals surface area contributed by atoms with Crippen LogP contribution in [0, 0.1) is 0 Å². The zero-order valence-corrected chi connectivity index (χ0v) is 49.5. The summed E-state index contributed by atoms with van der Waals surface area (Å²) < 4.78 is 346. The predicted molar refractivity (Wildman–Crippen MR) is 238 cm³/mol. The molecular formula is C38H48Cl6F24O19. The summed E-state index contributed by atoms with van der Waals surface area (Å²) in [5.41, 5.74) is 0. The molecule has 0 N–H and O–H groups in total. The quantitative estimate of drug-likeness (QED) is 0.0694. The molecule has 49 heteroatoms. The van der Waals surface area contributed by atoms with Crippen LogP contribution in [0.5, 0.6) is 0 Å². The Balaban J connectivity index is -0.000000981. The lowest BCUT2D eigenvalue weighted by atomic mass is 10.1. The van der Waals surface area contributed by atoms with Crippen LogP contribution < -0.4 is 0 Å². The molecule has 0 bridgehead atoms. The zero-order valence-electron chi connectivity index (χ0n) is 45.0. The maximum absolute atomic E-state index is 14.4. The van der Waals surface area contributed by atoms with E-state index in [1.54, 1.807) is 9.88 Å². The Bertz CT molecular complexity index is 2020. The monoisotopic (exact) mass is 1470 g/mol. The van der Waals surface area contributed by atoms with Crippen LogP contribution in [0.4, 0.5) is 106 Å². The molecule has 0 amide bonds. The standard InChI is InChI=1S/C8H8Cl4F4O4.C8H12F4O4.C6H8F4O3.C4Cl2F6O3.C4F6O3.2C4H10O/c1-3-17-4(2,13)5(8(14,15)20-16)18-6(9,10)7(11,12)19-5;1-3-13-6(2,9)7(8(10,11)16-12)14-4-5-15-7;1-3-12-5(2,7)4(11)6(8,9)13-10;5-1(7)2(6,8)14-4(11,13-1)3(9,10)15-12;5-1-2(6)12-4(9,11-1)3(7,8)13-10;2*1-3-5-4-2/h3H2,1-2H3;3-5H2,1-2H3;3H2,1-2H3;;;2*3-4H2,1-2H3. The number of carbonyl (C=O) groups excluding carboxylic acids is 1. The first-order valence-electron chi connectivity index (χ1n) is 22.5. The number of rotatable bonds is 23. The molecule has 5 atom stereocenters. The summed E-state index contributed by atoms with van der Waals surface area (Å²) in [6.07, 6.45) is -25.2. The van der Waals surface area contributed by atoms with Gasteiger partial charge in [0.25, 0.3) is 32.4 Å². The van der Waals surface area contributed by atoms with Gasteiger partial charge in [-0.15, -0.1) is 29.1 Å². The second kappa shape index (κ2) is 34.5. The van der Waals surface area contributed by atoms with Crippen molar-refractivity contribution < 1.29 is 197 Å². The minimum Gasteiger partial charge on any atom is -0.388 e. The van der Waals surface area contributed by atoms with Gasteiger partial charge in [0, 0.05) is 67.0 Å². The summed E-state index contributed by atoms with van der Waals surface area (Å²) in [5.74, 6) is -19.3. The number of hydrogen-bond donors (Lipinski definition) is 0. The van der Waals surface area contributed by atoms with Gasteiger partial charge >= 0.3 is 76.9 Å². The number of alkyl halides is 23. The van der Waals surface area contributed by atoms with Gasteiger partial charge in [0.1, 0.15) is 0 Å². The molecule has 4 rings (SSSR count). The third-order valence-corrected chi connectivity index (χ3v) is 11.4. The van der Waals surface area contributed by atoms with Crippen molar-refractivity contribution in [1.29, 1.82) is 0 Å². The van der Waals surface area contributed by atoms with Gasteiger partial charge in [0.2, 0.25) is 0 Å². The van der Waals surface area contributed by atoms with E-state index in [-0.39, 0.29) is 26.4 Å². The highest BCUT2D eigenvalue weighted by Crippen LogP contribution is 2.63. The molecule has 4 aliphatic heterocycles. The molecule has 87 heavy (non-hydrogen) atoms. The molecule has 4 heterocycles. The number of Topliss-reactive ketones (excluding diaryl/α,β-unsaturated/α-hetero) is 1. The van der Waals surface area contributed by atoms with Crippen molar-refractivity contribution in [1.82, 2.24) is 0 Å². The van der Waals surface area contributed by atoms with Gasteiger partial charge in [-0.1, -0.05) is 46.4 Å². The highest BCUT2D eigenvalue weighted by molar-refractivity contribution is 6.61. The zero-order chi connectivity index (χ0) is 69.8. The summed E-state index contributed by atoms with van der Waals surface area (Å²) in [4.78, 5) is 21.0. The van der Waals surface area contributed by atoms with Gasteiger partial charge in [-0.2, -0.15) is 65.9 Å². The van der Waals surface area contributed by atoms with Gasteiger partial charge < -0.3 is 42.6 Å². The summed E-state index contributed by atoms with van der Waals surface area (Å²) >= 11 is 30.6. The first-order chi connectivity index (χ1) is 39.0. The van der Waals surface area contributed by atoms with Crippen molar-refractivity contribution in [3.8, 4) is 0 Å². The summed E-state index contributed by atoms with van der Waals surface area (Å²) in [7, 11) is 0. The van der Waals surface area contributed by atoms with Crippen LogP contribution in [0.3, 0.4) is 0 Å². The van der Waals surface area contributed by atoms with E-state index in [1.807, 2.05) is 32.6 Å². The van der Waals surface area contributed by atoms with Crippen molar-refractivity contribution in [2.45, 2.75) is 161 Å². The third kappa shape index (κ3) is 22.3. The van der Waals surface area contributed by atoms with Crippen molar-refractivity contribution in [3.63, 3.8) is 0 Å². The number of ketones is 1. The molecule has 0 aromatic heterocycles. The average Bonchev–Trinajstić information content (AvgIpc) is 1.64. The number of halogens is 30. The van der Waals surface area contributed by atoms with Crippen molar-refractivity contribution in [3.05, 3.63) is 12.0 Å². The molecule has 0 aliphatic carbocycles. The molecule has 0 aromatic rings. The van der Waals surface area contributed by atoms with Crippen molar-refractivity contribution in [2.75, 3.05) is 59.5 Å². The van der Waals surface area contributed by atoms with E-state index in [9.17, 15) is 111 Å². The van der Waals surface area contributed by atoms with E-state index < -0.39 is 116 Å². The van der Waals surface area contributed by atoms with Gasteiger partial charge in [-0.3, -0.25) is 23.7 Å². The SMILES string of the molecule is CCOC(C)(F)C(=O)C(F)(F)OF.CCOC(C)(F)C1(C(F)(F)OF)OC(Cl)(Cl)C(Cl)(Cl)O1.CCOC(C)(F)C1(C(F)(F)OF)OCCO1.CCOCC.CCOCC.FOC(F)(F)C1(F)OC(F)(Cl)C(F)(Cl)O1.FOC(F)(F)C1(F)OC(F)=C(F)O1. The van der Waals surface area contributed by atoms with Crippen LogP contribution in [0.15, 0.2) is 12.0 Å². The van der Waals surface area contributed by atoms with E-state index in [0.717, 1.165) is 26.4 Å². The maximum Gasteiger partial charge on any atom is 0.511 e. The lowest BCUT2D eigenvalue weighted by Crippen LogP contribution is -2.64. The predicted octanol–water partition coefficient (Wildman–Crippen LogP) is 15.1. The highest BCUT2D eigenvalue weighted by Gasteiger charge is 2.83. The average molecular weight is 1480 g/mol. The Labute approximate surface area is 503 Å². The smallest absolute Gasteiger partial charge is 0.388 e. The number of carbonyl (C=O) groups is 1. The van der Waals surface area contributed by atoms with E-state index in [4.69, 9.17) is 55.9 Å². The summed E-state index contributed by atoms with van der Waals surface area (Å²) in [5, 5.41) is -8.55. The Morgan fingerprint density at radius 3 is 0.989 bits per heavy atom. The van der Waals surface area contributed by atoms with Gasteiger partial charge in [-0.05, 0) is 94.3 Å². The fraction of sp³-hybridized carbons (Fsp3) is 0.921. The third-order valence-electron chi connectivity index (χ3n) is 8.89. The fourth-order valence-corrected chi connectivity index (χ4v) is 6.03. The van der Waals surface area contributed by atoms with Crippen LogP contribution in [0.25, 0.3) is 0 Å². The van der Waals surface area contributed by atoms with Gasteiger partial charge in [0.15, 0.2) is 0 Å². The van der Waals surface area contributed by atoms with Crippen LogP contribution in [-0.4, -0.2) is 157 Å². The summed E-state index contributed by atoms with van der Waals surface area (Å²) in [6, 6.07) is -14.3. The highest BCUT2D eigenvalue weighted by atomic mass is 35.5. The molecule has 0 spiro atoms. The van der Waals surface area contributed by atoms with Gasteiger partial charge in [0.05, 0.1) is 13.2 Å². The molecular weight excluding hydrogens is 1430 g/mol. The van der Waals surface area contributed by atoms with Gasteiger partial charge in [-0.25, -0.2) is 13.2 Å². The Morgan fingerprint density at radius 1 is 0.437 bits per heavy atom. The molecule has 19 nitrogen and oxygen atoms in total. The Kier molecular flexibility index (Phi) is 35.6. The first kappa shape index (κ1) is 89.6. The molecule has 524 valence electrons. The lowest BCUT2D eigenvalue weighted by Gasteiger charge is -2.39. The largest absolute Gasteiger partial charge is 0.511 e. The molecule has 4 aliphatic rings. The molecule has 3 saturated heterocycles. The van der Waals surface area contributed by atoms with E-state index in [2.05, 4.69) is 85.2 Å². The van der Waals surface area contributed by atoms with Crippen molar-refractivity contribution in [2.24, 2.45) is 0 Å². The normalized spacial score (nSPS) is 25.6. The number of hydrogen-bond acceptors (Lipinski definition) is 19. The van der Waals surface area contributed by atoms with Crippen molar-refractivity contribution >= 4 is 75.4 Å². The van der Waals surface area contributed by atoms with Crippen LogP contribution >= 0.6 is 69.6 Å². The molecule has 0 aromatic carbocycles. The number of ether oxygens (including phenoxy) is 13. The second-order valence-corrected chi connectivity index (χ2v) is 18.6. The minimum atomic E-state index is -5.46. The topological polar surface area (TPSA) is 183 Å². The van der Waals surface area contributed by atoms with Crippen LogP contribution in [0.1, 0.15) is 69.2 Å². The molecule has 0 saturated carbocycles. The van der Waals surface area contributed by atoms with E-state index >= 15 is 0 Å². The molecule has 3 fully saturated rings. The Morgan fingerprint density at radius 2 is 0.724 bits per heavy atom. The minimum absolute atomic E-state index is 0.218. The first-order valence-corrected chi connectivity index (χ1v) is 24.8.